The highest BCUT2D eigenvalue weighted by Gasteiger charge is 2.46. The fourth-order valence-corrected chi connectivity index (χ4v) is 4.52. The van der Waals surface area contributed by atoms with E-state index in [1.807, 2.05) is 13.8 Å². The van der Waals surface area contributed by atoms with Crippen molar-refractivity contribution in [2.45, 2.75) is 59.8 Å². The van der Waals surface area contributed by atoms with Crippen LogP contribution in [0.4, 0.5) is 0 Å². The summed E-state index contributed by atoms with van der Waals surface area (Å²) in [7, 11) is 0. The molecule has 1 saturated carbocycles. The Morgan fingerprint density at radius 1 is 0.870 bits per heavy atom. The van der Waals surface area contributed by atoms with E-state index in [0.717, 1.165) is 17.7 Å². The molecule has 126 valence electrons. The maximum absolute atomic E-state index is 12.5. The van der Waals surface area contributed by atoms with Crippen molar-refractivity contribution in [1.82, 2.24) is 5.32 Å². The van der Waals surface area contributed by atoms with Crippen molar-refractivity contribution in [1.29, 1.82) is 0 Å². The molecule has 23 heavy (non-hydrogen) atoms. The van der Waals surface area contributed by atoms with Crippen LogP contribution in [0.2, 0.25) is 0 Å². The van der Waals surface area contributed by atoms with E-state index in [0.29, 0.717) is 32.2 Å². The number of nitrogens with one attached hydrogen (secondary N) is 1. The van der Waals surface area contributed by atoms with E-state index in [4.69, 9.17) is 0 Å². The molecule has 3 aliphatic rings. The lowest BCUT2D eigenvalue weighted by atomic mass is 9.65. The summed E-state index contributed by atoms with van der Waals surface area (Å²) in [6.07, 6.45) is 2.94. The standard InChI is InChI=1S/C19H27NO3/c1-18(2)6-13-12(14(21)7-18)5-11(10-20-13)17-15(22)8-19(3,4)9-16(17)23/h11,17,20H,5-10H2,1-4H3/t11-/m0/s1. The average molecular weight is 317 g/mol. The average Bonchev–Trinajstić information content (AvgIpc) is 2.35. The van der Waals surface area contributed by atoms with E-state index in [9.17, 15) is 14.4 Å². The van der Waals surface area contributed by atoms with Crippen LogP contribution in [0.1, 0.15) is 59.8 Å². The number of carbonyl (C=O) groups is 3. The van der Waals surface area contributed by atoms with Crippen LogP contribution in [-0.4, -0.2) is 23.9 Å². The van der Waals surface area contributed by atoms with Gasteiger partial charge in [0.2, 0.25) is 0 Å². The summed E-state index contributed by atoms with van der Waals surface area (Å²) in [5.74, 6) is -0.275. The third-order valence-electron chi connectivity index (χ3n) is 5.51. The number of hydrogen-bond acceptors (Lipinski definition) is 4. The van der Waals surface area contributed by atoms with Gasteiger partial charge in [-0.15, -0.1) is 0 Å². The van der Waals surface area contributed by atoms with Gasteiger partial charge in [0.15, 0.2) is 5.78 Å². The Bertz CT molecular complexity index is 592. The van der Waals surface area contributed by atoms with Crippen LogP contribution < -0.4 is 5.32 Å². The number of ketones is 3. The molecule has 2 aliphatic carbocycles. The summed E-state index contributed by atoms with van der Waals surface area (Å²) in [6.45, 7) is 8.80. The van der Waals surface area contributed by atoms with E-state index in [-0.39, 0.29) is 34.1 Å². The highest BCUT2D eigenvalue weighted by molar-refractivity contribution is 6.06. The first-order valence-corrected chi connectivity index (χ1v) is 8.63. The van der Waals surface area contributed by atoms with Crippen LogP contribution in [0.15, 0.2) is 11.3 Å². The van der Waals surface area contributed by atoms with Gasteiger partial charge in [-0.25, -0.2) is 0 Å². The van der Waals surface area contributed by atoms with Crippen molar-refractivity contribution in [3.05, 3.63) is 11.3 Å². The van der Waals surface area contributed by atoms with E-state index in [2.05, 4.69) is 19.2 Å². The number of allylic oxidation sites excluding steroid dienone is 2. The number of Topliss-reactive ketones (excluding diaryl/α,β-unsaturated/α-hetero) is 3. The molecule has 0 radical (unpaired) electrons. The largest absolute Gasteiger partial charge is 0.388 e. The molecule has 0 unspecified atom stereocenters. The summed E-state index contributed by atoms with van der Waals surface area (Å²) in [6, 6.07) is 0. The first-order valence-electron chi connectivity index (χ1n) is 8.63. The highest BCUT2D eigenvalue weighted by atomic mass is 16.2. The smallest absolute Gasteiger partial charge is 0.161 e. The molecule has 0 bridgehead atoms. The Hall–Kier alpha value is -1.45. The van der Waals surface area contributed by atoms with Crippen LogP contribution in [0.25, 0.3) is 0 Å². The van der Waals surface area contributed by atoms with Gasteiger partial charge in [0.05, 0.1) is 5.92 Å². The van der Waals surface area contributed by atoms with Gasteiger partial charge in [-0.1, -0.05) is 27.7 Å². The van der Waals surface area contributed by atoms with Crippen molar-refractivity contribution in [3.63, 3.8) is 0 Å². The summed E-state index contributed by atoms with van der Waals surface area (Å²) in [5, 5.41) is 3.37. The molecule has 1 fully saturated rings. The van der Waals surface area contributed by atoms with Crippen molar-refractivity contribution < 1.29 is 14.4 Å². The highest BCUT2D eigenvalue weighted by Crippen LogP contribution is 2.43. The zero-order chi connectivity index (χ0) is 17.0. The first-order chi connectivity index (χ1) is 10.6. The first kappa shape index (κ1) is 16.4. The molecular formula is C19H27NO3. The number of carbonyl (C=O) groups excluding carboxylic acids is 3. The lowest BCUT2D eigenvalue weighted by molar-refractivity contribution is -0.142. The third kappa shape index (κ3) is 3.13. The van der Waals surface area contributed by atoms with Gasteiger partial charge < -0.3 is 5.32 Å². The number of hydrogen-bond donors (Lipinski definition) is 1. The number of rotatable bonds is 1. The molecule has 3 rings (SSSR count). The van der Waals surface area contributed by atoms with Gasteiger partial charge in [-0.05, 0) is 29.6 Å². The second-order valence-corrected chi connectivity index (χ2v) is 9.17. The van der Waals surface area contributed by atoms with Gasteiger partial charge in [-0.3, -0.25) is 14.4 Å². The van der Waals surface area contributed by atoms with Crippen LogP contribution >= 0.6 is 0 Å². The third-order valence-corrected chi connectivity index (χ3v) is 5.51. The molecule has 0 aromatic rings. The molecule has 4 nitrogen and oxygen atoms in total. The monoisotopic (exact) mass is 317 g/mol. The van der Waals surface area contributed by atoms with E-state index in [1.54, 1.807) is 0 Å². The summed E-state index contributed by atoms with van der Waals surface area (Å²) in [4.78, 5) is 37.5. The van der Waals surface area contributed by atoms with Crippen LogP contribution in [0.3, 0.4) is 0 Å². The Kier molecular flexibility index (Phi) is 3.77. The fraction of sp³-hybridized carbons (Fsp3) is 0.737. The van der Waals surface area contributed by atoms with E-state index >= 15 is 0 Å². The Morgan fingerprint density at radius 2 is 1.43 bits per heavy atom. The molecule has 4 heteroatoms. The van der Waals surface area contributed by atoms with Crippen LogP contribution in [-0.2, 0) is 14.4 Å². The van der Waals surface area contributed by atoms with Gasteiger partial charge in [0.1, 0.15) is 11.6 Å². The second kappa shape index (κ2) is 5.29. The molecule has 0 spiro atoms. The lowest BCUT2D eigenvalue weighted by Crippen LogP contribution is -2.47. The Morgan fingerprint density at radius 3 is 2.04 bits per heavy atom. The summed E-state index contributed by atoms with van der Waals surface area (Å²) < 4.78 is 0. The summed E-state index contributed by atoms with van der Waals surface area (Å²) >= 11 is 0. The molecular weight excluding hydrogens is 290 g/mol. The topological polar surface area (TPSA) is 63.2 Å². The van der Waals surface area contributed by atoms with Crippen molar-refractivity contribution >= 4 is 17.3 Å². The normalized spacial score (nSPS) is 31.0. The van der Waals surface area contributed by atoms with Gasteiger partial charge in [0, 0.05) is 37.1 Å². The molecule has 1 N–H and O–H groups in total. The molecule has 0 aromatic heterocycles. The zero-order valence-corrected chi connectivity index (χ0v) is 14.6. The Balaban J connectivity index is 1.80. The molecule has 0 saturated heterocycles. The van der Waals surface area contributed by atoms with E-state index in [1.165, 1.54) is 0 Å². The minimum atomic E-state index is -0.521. The van der Waals surface area contributed by atoms with Crippen molar-refractivity contribution in [3.8, 4) is 0 Å². The molecule has 0 aromatic carbocycles. The van der Waals surface area contributed by atoms with Crippen LogP contribution in [0.5, 0.6) is 0 Å². The minimum absolute atomic E-state index is 0.00372. The molecule has 1 aliphatic heterocycles. The van der Waals surface area contributed by atoms with Gasteiger partial charge in [-0.2, -0.15) is 0 Å². The molecule has 1 heterocycles. The maximum Gasteiger partial charge on any atom is 0.161 e. The van der Waals surface area contributed by atoms with E-state index < -0.39 is 5.92 Å². The second-order valence-electron chi connectivity index (χ2n) is 9.17. The minimum Gasteiger partial charge on any atom is -0.388 e. The van der Waals surface area contributed by atoms with Gasteiger partial charge in [0.25, 0.3) is 0 Å². The predicted molar refractivity (Wildman–Crippen MR) is 87.7 cm³/mol. The summed E-state index contributed by atoms with van der Waals surface area (Å²) in [5.41, 5.74) is 1.66. The lowest BCUT2D eigenvalue weighted by Gasteiger charge is -2.41. The van der Waals surface area contributed by atoms with Crippen LogP contribution in [0, 0.1) is 22.7 Å². The Labute approximate surface area is 138 Å². The molecule has 1 atom stereocenters. The van der Waals surface area contributed by atoms with Gasteiger partial charge >= 0.3 is 0 Å². The zero-order valence-electron chi connectivity index (χ0n) is 14.6. The predicted octanol–water partition coefficient (Wildman–Crippen LogP) is 2.81. The van der Waals surface area contributed by atoms with Crippen molar-refractivity contribution in [2.24, 2.45) is 22.7 Å². The SMILES string of the molecule is CC1(C)CC(=O)C([C@@H]2CNC3=C(C2)C(=O)CC(C)(C)C3)C(=O)C1. The molecule has 0 amide bonds. The fourth-order valence-electron chi connectivity index (χ4n) is 4.52. The maximum atomic E-state index is 12.5. The van der Waals surface area contributed by atoms with Crippen molar-refractivity contribution in [2.75, 3.05) is 6.54 Å². The quantitative estimate of drug-likeness (QED) is 0.755.